The SMILES string of the molecule is CC(=O)N[C@@H](Cc1cccc(F)c1)C(=O)NC1CCCNC(=O)[C@H](CCCN=C(N)N)NC(=O)[C@H](Cc2c[nH]c3ccccc23)NC(=O)[C@@H](CC2CCCCC2)NC(=O)[C@@H]2CCCN2C1=O.CC(=O)N[C@@H](Cc1ccccc1F)C(=O)NC1CCCNC(=O)[C@H](CCCN=C(N)N)NC(=O)[C@H](Cc2c[nH]c3ccccc23)NC(=O)[C@@H](CC2CCCCC2)NC(=O)[C@@H]2CCCN2C1=O. The number of amides is 14. The summed E-state index contributed by atoms with van der Waals surface area (Å²) >= 11 is 0. The number of para-hydroxylation sites is 2. The lowest BCUT2D eigenvalue weighted by Crippen LogP contribution is -2.60. The molecule has 4 aliphatic heterocycles. The number of carbonyl (C=O) groups is 14. The third-order valence-electron chi connectivity index (χ3n) is 25.4. The molecule has 4 aromatic carbocycles. The van der Waals surface area contributed by atoms with Crippen molar-refractivity contribution in [2.45, 2.75) is 266 Å². The summed E-state index contributed by atoms with van der Waals surface area (Å²) in [6.07, 6.45) is 16.3. The quantitative estimate of drug-likeness (QED) is 0.0211. The summed E-state index contributed by atoms with van der Waals surface area (Å²) in [5, 5.41) is 35.7. The van der Waals surface area contributed by atoms with Gasteiger partial charge in [0.25, 0.3) is 0 Å². The largest absolute Gasteiger partial charge is 0.370 e. The number of hydrogen-bond donors (Lipinski definition) is 18. The summed E-state index contributed by atoms with van der Waals surface area (Å²) in [6, 6.07) is 13.2. The topological polar surface area (TPSA) is 550 Å². The van der Waals surface area contributed by atoms with Gasteiger partial charge in [-0.1, -0.05) is 131 Å². The minimum absolute atomic E-state index is 0.00308. The number of halogens is 2. The number of nitrogens with two attached hydrogens (primary N) is 4. The van der Waals surface area contributed by atoms with Crippen LogP contribution in [0, 0.1) is 23.5 Å². The predicted molar refractivity (Wildman–Crippen MR) is 491 cm³/mol. The lowest BCUT2D eigenvalue weighted by atomic mass is 9.84. The van der Waals surface area contributed by atoms with Crippen molar-refractivity contribution >= 4 is 116 Å². The van der Waals surface area contributed by atoms with Crippen molar-refractivity contribution < 1.29 is 75.9 Å². The van der Waals surface area contributed by atoms with E-state index in [-0.39, 0.29) is 133 Å². The number of nitrogens with zero attached hydrogens (tertiary/aromatic N) is 4. The Labute approximate surface area is 765 Å². The maximum Gasteiger partial charge on any atom is 0.245 e. The van der Waals surface area contributed by atoms with E-state index in [0.717, 1.165) is 97.1 Å². The van der Waals surface area contributed by atoms with Crippen LogP contribution in [0.2, 0.25) is 0 Å². The lowest BCUT2D eigenvalue weighted by Gasteiger charge is -2.32. The molecule has 36 nitrogen and oxygen atoms in total. The summed E-state index contributed by atoms with van der Waals surface area (Å²) in [7, 11) is 0. The van der Waals surface area contributed by atoms with Crippen molar-refractivity contribution in [3.63, 3.8) is 0 Å². The maximum absolute atomic E-state index is 14.8. The smallest absolute Gasteiger partial charge is 0.245 e. The van der Waals surface area contributed by atoms with Crippen molar-refractivity contribution in [2.75, 3.05) is 39.3 Å². The van der Waals surface area contributed by atoms with E-state index in [1.54, 1.807) is 24.5 Å². The standard InChI is InChI=1S/2C47H64FN11O7/c1-28(60)54-38(25-30-14-5-7-16-33(30)48)43(63)56-36-19-10-21-51-41(61)35(18-9-22-52-47(49)50)55-44(64)39(26-31-27-53-34-17-8-6-15-32(31)34)57-42(62)37(24-29-12-3-2-4-13-29)58-45(65)40-20-11-23-59(40)46(36)66;1-28(60)54-37(25-30-13-7-14-32(48)23-30)42(62)56-36-18-9-20-51-41(61)35(17-8-21-52-47(49)50)55-44(64)39(26-31-27-53-34-16-6-5-15-33(31)34)57-43(63)38(24-29-11-3-2-4-12-29)58-45(65)40-19-10-22-59(40)46(36)66/h5-8,14-17,27,29,35-40,53H,2-4,9-13,18-26H2,1H3,(H,51,61)(H,54,60)(H,55,64)(H,56,63)(H,57,62)(H,58,65)(H4,49,50,52);5-7,13-16,23,27,29,35-40,53H,2-4,8-12,17-22,24-26H2,1H3,(H,51,61)(H,54,60)(H,55,64)(H,56,62)(H,57,63)(H,58,65)(H4,49,50,52)/t35-,36?,37+,38-,39-,40-;35-,36?,37-,38+,39-,40-/m00/s1. The molecule has 4 saturated heterocycles. The van der Waals surface area contributed by atoms with Gasteiger partial charge in [-0.2, -0.15) is 0 Å². The van der Waals surface area contributed by atoms with Gasteiger partial charge in [-0.3, -0.25) is 77.1 Å². The van der Waals surface area contributed by atoms with E-state index in [2.05, 4.69) is 83.8 Å². The Morgan fingerprint density at radius 1 is 0.432 bits per heavy atom. The van der Waals surface area contributed by atoms with E-state index < -0.39 is 167 Å². The minimum Gasteiger partial charge on any atom is -0.370 e. The number of hydrogen-bond acceptors (Lipinski definition) is 16. The number of rotatable bonds is 26. The van der Waals surface area contributed by atoms with Crippen LogP contribution in [-0.4, -0.2) is 226 Å². The number of nitrogens with one attached hydrogen (secondary N) is 14. The first kappa shape index (κ1) is 99.5. The highest BCUT2D eigenvalue weighted by molar-refractivity contribution is 6.01. The van der Waals surface area contributed by atoms with Crippen molar-refractivity contribution in [3.8, 4) is 0 Å². The molecule has 2 unspecified atom stereocenters. The summed E-state index contributed by atoms with van der Waals surface area (Å²) in [4.78, 5) is 214. The molecule has 12 atom stereocenters. The lowest BCUT2D eigenvalue weighted by molar-refractivity contribution is -0.143. The average Bonchev–Trinajstić information content (AvgIpc) is 1.73. The zero-order valence-corrected chi connectivity index (χ0v) is 75.1. The Bertz CT molecular complexity index is 5100. The summed E-state index contributed by atoms with van der Waals surface area (Å²) in [5.74, 6) is -9.21. The number of aromatic amines is 2. The highest BCUT2D eigenvalue weighted by atomic mass is 19.1. The molecule has 38 heteroatoms. The number of carbonyl (C=O) groups excluding carboxylic acids is 14. The Morgan fingerprint density at radius 3 is 1.27 bits per heavy atom. The van der Waals surface area contributed by atoms with Crippen LogP contribution in [0.25, 0.3) is 21.8 Å². The molecular formula is C94H128F2N22O14. The third-order valence-corrected chi connectivity index (χ3v) is 25.4. The normalized spacial score (nSPS) is 23.3. The summed E-state index contributed by atoms with van der Waals surface area (Å²) in [6.45, 7) is 3.26. The van der Waals surface area contributed by atoms with Crippen LogP contribution in [0.15, 0.2) is 119 Å². The van der Waals surface area contributed by atoms with Crippen molar-refractivity contribution in [1.29, 1.82) is 0 Å². The van der Waals surface area contributed by atoms with Crippen LogP contribution < -0.4 is 86.7 Å². The number of H-pyrrole nitrogens is 2. The molecule has 6 heterocycles. The molecule has 132 heavy (non-hydrogen) atoms. The summed E-state index contributed by atoms with van der Waals surface area (Å²) in [5.41, 5.74) is 26.0. The molecule has 0 bridgehead atoms. The first-order valence-electron chi connectivity index (χ1n) is 46.3. The van der Waals surface area contributed by atoms with Crippen molar-refractivity contribution in [1.82, 2.24) is 83.6 Å². The van der Waals surface area contributed by atoms with Gasteiger partial charge >= 0.3 is 0 Å². The van der Waals surface area contributed by atoms with Gasteiger partial charge in [0.1, 0.15) is 84.1 Å². The van der Waals surface area contributed by atoms with Gasteiger partial charge in [-0.15, -0.1) is 0 Å². The van der Waals surface area contributed by atoms with Gasteiger partial charge in [0.05, 0.1) is 0 Å². The molecular weight excluding hydrogens is 1700 g/mol. The number of guanidine groups is 2. The van der Waals surface area contributed by atoms with Crippen LogP contribution in [0.4, 0.5) is 8.78 Å². The van der Waals surface area contributed by atoms with Crippen molar-refractivity contribution in [3.05, 3.63) is 143 Å². The Balaban J connectivity index is 0.000000255. The molecule has 14 amide bonds. The number of aromatic nitrogens is 2. The van der Waals surface area contributed by atoms with E-state index in [9.17, 15) is 75.9 Å². The van der Waals surface area contributed by atoms with E-state index in [1.807, 2.05) is 48.5 Å². The fourth-order valence-electron chi connectivity index (χ4n) is 18.6. The van der Waals surface area contributed by atoms with Crippen LogP contribution >= 0.6 is 0 Å². The van der Waals surface area contributed by atoms with E-state index in [1.165, 1.54) is 60.0 Å². The number of aliphatic imine (C=N–C) groups is 2. The van der Waals surface area contributed by atoms with E-state index >= 15 is 0 Å². The molecule has 12 rings (SSSR count). The molecule has 2 aliphatic carbocycles. The predicted octanol–water partition coefficient (Wildman–Crippen LogP) is 2.92. The maximum atomic E-state index is 14.8. The first-order chi connectivity index (χ1) is 63.5. The van der Waals surface area contributed by atoms with E-state index in [0.29, 0.717) is 56.9 Å². The zero-order valence-electron chi connectivity index (χ0n) is 75.1. The van der Waals surface area contributed by atoms with Crippen molar-refractivity contribution in [2.24, 2.45) is 44.8 Å². The van der Waals surface area contributed by atoms with Gasteiger partial charge in [0.2, 0.25) is 82.7 Å². The highest BCUT2D eigenvalue weighted by Gasteiger charge is 2.44. The number of benzene rings is 4. The third kappa shape index (κ3) is 29.2. The highest BCUT2D eigenvalue weighted by Crippen LogP contribution is 2.32. The Hall–Kier alpha value is -13.1. The van der Waals surface area contributed by atoms with Gasteiger partial charge in [-0.25, -0.2) is 8.78 Å². The molecule has 2 saturated carbocycles. The first-order valence-corrected chi connectivity index (χ1v) is 46.3. The van der Waals surface area contributed by atoms with Crippen LogP contribution in [-0.2, 0) is 92.8 Å². The molecule has 0 spiro atoms. The molecule has 6 fully saturated rings. The molecule has 2 aromatic heterocycles. The fraction of sp³-hybridized carbons (Fsp3) is 0.532. The van der Waals surface area contributed by atoms with Crippen LogP contribution in [0.5, 0.6) is 0 Å². The Kier molecular flexibility index (Phi) is 37.1. The molecule has 6 aliphatic rings. The minimum atomic E-state index is -1.25. The van der Waals surface area contributed by atoms with Crippen LogP contribution in [0.3, 0.4) is 0 Å². The van der Waals surface area contributed by atoms with Gasteiger partial charge in [0, 0.05) is 113 Å². The average molecular weight is 1830 g/mol. The van der Waals surface area contributed by atoms with Crippen LogP contribution in [0.1, 0.15) is 190 Å². The molecule has 0 radical (unpaired) electrons. The van der Waals surface area contributed by atoms with Gasteiger partial charge in [0.15, 0.2) is 11.9 Å². The van der Waals surface area contributed by atoms with E-state index in [4.69, 9.17) is 22.9 Å². The van der Waals surface area contributed by atoms with Gasteiger partial charge in [-0.05, 0) is 154 Å². The Morgan fingerprint density at radius 2 is 0.841 bits per heavy atom. The summed E-state index contributed by atoms with van der Waals surface area (Å²) < 4.78 is 28.9. The molecule has 22 N–H and O–H groups in total. The zero-order chi connectivity index (χ0) is 94.3. The van der Waals surface area contributed by atoms with Gasteiger partial charge < -0.3 is 107 Å². The molecule has 712 valence electrons. The fourth-order valence-corrected chi connectivity index (χ4v) is 18.6. The molecule has 6 aromatic rings. The second-order valence-electron chi connectivity index (χ2n) is 35.4. The second kappa shape index (κ2) is 49.3. The second-order valence-corrected chi connectivity index (χ2v) is 35.4. The monoisotopic (exact) mass is 1830 g/mol. The number of fused-ring (bicyclic) bond motifs is 4.